The maximum absolute atomic E-state index is 13.5. The molecule has 0 radical (unpaired) electrons. The summed E-state index contributed by atoms with van der Waals surface area (Å²) >= 11 is 0. The van der Waals surface area contributed by atoms with Crippen LogP contribution in [-0.2, 0) is 103 Å². The van der Waals surface area contributed by atoms with Gasteiger partial charge in [-0.05, 0) is 446 Å². The summed E-state index contributed by atoms with van der Waals surface area (Å²) in [6, 6.07) is 49.6. The Hall–Kier alpha value is -15.5. The molecule has 16 aliphatic rings. The summed E-state index contributed by atoms with van der Waals surface area (Å²) in [5, 5.41) is 0. The number of rotatable bonds is 8. The number of para-hydroxylation sites is 2. The number of benzene rings is 11. The third-order valence-electron chi connectivity index (χ3n) is 31.3. The summed E-state index contributed by atoms with van der Waals surface area (Å²) in [5.74, 6) is -6.15. The number of hydrogen-bond acceptors (Lipinski definition) is 16. The van der Waals surface area contributed by atoms with E-state index in [2.05, 4.69) is 0 Å². The normalized spacial score (nSPS) is 18.6. The van der Waals surface area contributed by atoms with Gasteiger partial charge in [-0.25, -0.2) is 29.4 Å². The number of anilines is 6. The highest BCUT2D eigenvalue weighted by molar-refractivity contribution is 6.41. The second-order valence-electron chi connectivity index (χ2n) is 39.4. The molecule has 11 aromatic carbocycles. The van der Waals surface area contributed by atoms with Crippen molar-refractivity contribution in [3.8, 4) is 0 Å². The molecule has 0 bridgehead atoms. The van der Waals surface area contributed by atoms with Crippen LogP contribution in [0.2, 0.25) is 0 Å². The molecule has 8 heterocycles. The number of amides is 16. The molecule has 139 heavy (non-hydrogen) atoms. The van der Waals surface area contributed by atoms with Crippen LogP contribution >= 0.6 is 0 Å². The summed E-state index contributed by atoms with van der Waals surface area (Å²) in [5.41, 5.74) is 26.9. The molecule has 8 aliphatic heterocycles. The first-order valence-corrected chi connectivity index (χ1v) is 49.2. The molecule has 0 atom stereocenters. The number of imide groups is 8. The van der Waals surface area contributed by atoms with E-state index in [-0.39, 0.29) is 65.3 Å². The lowest BCUT2D eigenvalue weighted by Gasteiger charge is -2.22. The molecular weight excluding hydrogens is 1750 g/mol. The first-order valence-electron chi connectivity index (χ1n) is 49.2. The first kappa shape index (κ1) is 86.4. The zero-order valence-corrected chi connectivity index (χ0v) is 76.6. The zero-order valence-electron chi connectivity index (χ0n) is 76.6. The van der Waals surface area contributed by atoms with Crippen molar-refractivity contribution in [3.05, 3.63) is 348 Å². The lowest BCUT2D eigenvalue weighted by atomic mass is 9.88. The van der Waals surface area contributed by atoms with Crippen LogP contribution in [0, 0.1) is 0 Å². The summed E-state index contributed by atoms with van der Waals surface area (Å²) in [6.07, 6.45) is 32.0. The minimum Gasteiger partial charge on any atom is -0.269 e. The maximum atomic E-state index is 13.5. The van der Waals surface area contributed by atoms with E-state index >= 15 is 0 Å². The van der Waals surface area contributed by atoms with Gasteiger partial charge in [-0.3, -0.25) is 86.5 Å². The van der Waals surface area contributed by atoms with E-state index in [9.17, 15) is 76.7 Å². The molecule has 16 amide bonds. The van der Waals surface area contributed by atoms with Gasteiger partial charge in [-0.2, -0.15) is 0 Å². The molecule has 8 aliphatic carbocycles. The van der Waals surface area contributed by atoms with Crippen molar-refractivity contribution in [2.45, 2.75) is 205 Å². The lowest BCUT2D eigenvalue weighted by molar-refractivity contribution is 0.0466. The van der Waals surface area contributed by atoms with Gasteiger partial charge < -0.3 is 0 Å². The summed E-state index contributed by atoms with van der Waals surface area (Å²) in [4.78, 5) is 221. The van der Waals surface area contributed by atoms with Gasteiger partial charge in [-0.15, -0.1) is 0 Å². The van der Waals surface area contributed by atoms with E-state index in [0.717, 1.165) is 324 Å². The molecule has 0 spiro atoms. The summed E-state index contributed by atoms with van der Waals surface area (Å²) in [7, 11) is 0. The van der Waals surface area contributed by atoms with E-state index in [1.165, 1.54) is 9.80 Å². The third kappa shape index (κ3) is 14.1. The van der Waals surface area contributed by atoms with Crippen LogP contribution in [0.1, 0.15) is 357 Å². The van der Waals surface area contributed by atoms with Gasteiger partial charge in [0, 0.05) is 0 Å². The molecule has 24 nitrogen and oxygen atoms in total. The van der Waals surface area contributed by atoms with Gasteiger partial charge in [0.15, 0.2) is 0 Å². The van der Waals surface area contributed by atoms with Crippen LogP contribution in [0.15, 0.2) is 170 Å². The monoisotopic (exact) mass is 1840 g/mol. The predicted molar refractivity (Wildman–Crippen MR) is 517 cm³/mol. The van der Waals surface area contributed by atoms with E-state index in [0.29, 0.717) is 112 Å². The average molecular weight is 1840 g/mol. The smallest absolute Gasteiger partial charge is 0.266 e. The number of aryl methyl sites for hydroxylation is 16. The lowest BCUT2D eigenvalue weighted by Crippen LogP contribution is -2.43. The van der Waals surface area contributed by atoms with Crippen molar-refractivity contribution in [2.24, 2.45) is 0 Å². The molecule has 0 fully saturated rings. The number of nitrogens with zero attached hydrogens (tertiary/aromatic N) is 8. The highest BCUT2D eigenvalue weighted by Gasteiger charge is 2.49. The molecule has 690 valence electrons. The van der Waals surface area contributed by atoms with Crippen LogP contribution in [0.3, 0.4) is 0 Å². The van der Waals surface area contributed by atoms with Gasteiger partial charge in [-0.1, -0.05) is 18.2 Å². The van der Waals surface area contributed by atoms with Crippen molar-refractivity contribution in [1.82, 2.24) is 9.80 Å². The fourth-order valence-corrected chi connectivity index (χ4v) is 24.0. The highest BCUT2D eigenvalue weighted by atomic mass is 16.2. The van der Waals surface area contributed by atoms with Crippen LogP contribution < -0.4 is 29.4 Å². The van der Waals surface area contributed by atoms with Gasteiger partial charge in [0.1, 0.15) is 6.67 Å². The zero-order chi connectivity index (χ0) is 94.9. The van der Waals surface area contributed by atoms with Gasteiger partial charge in [0.25, 0.3) is 94.5 Å². The molecule has 0 aromatic heterocycles. The second kappa shape index (κ2) is 33.8. The molecule has 11 aromatic rings. The number of carbonyl (C=O) groups excluding carboxylic acids is 16. The Kier molecular flexibility index (Phi) is 21.0. The van der Waals surface area contributed by atoms with Crippen molar-refractivity contribution in [1.29, 1.82) is 0 Å². The van der Waals surface area contributed by atoms with Crippen molar-refractivity contribution < 1.29 is 76.7 Å². The fourth-order valence-electron chi connectivity index (χ4n) is 24.0. The maximum Gasteiger partial charge on any atom is 0.266 e. The van der Waals surface area contributed by atoms with E-state index in [1.54, 1.807) is 72.8 Å². The summed E-state index contributed by atoms with van der Waals surface area (Å²) in [6.45, 7) is -0.339. The van der Waals surface area contributed by atoms with Crippen LogP contribution in [0.25, 0.3) is 0 Å². The highest BCUT2D eigenvalue weighted by Crippen LogP contribution is 2.46. The van der Waals surface area contributed by atoms with E-state index in [4.69, 9.17) is 0 Å². The first-order chi connectivity index (χ1) is 67.6. The Morgan fingerprint density at radius 2 is 0.288 bits per heavy atom. The van der Waals surface area contributed by atoms with Crippen molar-refractivity contribution >= 4 is 129 Å². The minimum absolute atomic E-state index is 0.251. The molecule has 0 saturated heterocycles. The van der Waals surface area contributed by atoms with E-state index < -0.39 is 47.3 Å². The summed E-state index contributed by atoms with van der Waals surface area (Å²) < 4.78 is 0. The average Bonchev–Trinajstić information content (AvgIpc) is 1.61. The Morgan fingerprint density at radius 3 is 0.453 bits per heavy atom. The Bertz CT molecular complexity index is 6770. The number of fused-ring (bicyclic) bond motifs is 16. The van der Waals surface area contributed by atoms with Gasteiger partial charge >= 0.3 is 0 Å². The second-order valence-corrected chi connectivity index (χ2v) is 39.4. The molecule has 0 saturated carbocycles. The third-order valence-corrected chi connectivity index (χ3v) is 31.3. The SMILES string of the molecule is O=C1c2cc3c(cc2C(=O)N1CN1C(=O)c2cc4c(cc2C1=O)CCCC4)CCCC3.O=C1c2cc3c(cc2C(=O)N1c1ccc(N2C(=O)c4cc5c(cc4C2=O)CCCC5)cc1)CCCC3.O=C1c2cc3c(cc2C(=O)N1c1cccc(N2C(=O)c4cc5c(cc4C2=O)CCCC5)c1)CCCC3.O=C1c2cc3c(cc2C(=O)N1c1ccccc1N1C(=O)c2cc4c(cc2C1=O)CCCC4)CCCC3. The van der Waals surface area contributed by atoms with Crippen LogP contribution in [0.5, 0.6) is 0 Å². The quantitative estimate of drug-likeness (QED) is 0.128. The Balaban J connectivity index is 0.000000101. The predicted octanol–water partition coefficient (Wildman–Crippen LogP) is 18.4. The molecule has 27 rings (SSSR count). The molecule has 24 heteroatoms. The molecule has 0 N–H and O–H groups in total. The fraction of sp³-hybridized carbons (Fsp3) is 0.287. The number of carbonyl (C=O) groups is 16. The Labute approximate surface area is 799 Å². The number of hydrogen-bond donors (Lipinski definition) is 0. The largest absolute Gasteiger partial charge is 0.269 e. The van der Waals surface area contributed by atoms with Gasteiger partial charge in [0.2, 0.25) is 0 Å². The molecule has 0 unspecified atom stereocenters. The molecular formula is C115H94N8O16. The topological polar surface area (TPSA) is 299 Å². The van der Waals surface area contributed by atoms with Gasteiger partial charge in [0.05, 0.1) is 123 Å². The minimum atomic E-state index is -0.427. The van der Waals surface area contributed by atoms with E-state index in [1.807, 2.05) is 97.1 Å². The van der Waals surface area contributed by atoms with Crippen molar-refractivity contribution in [2.75, 3.05) is 36.1 Å². The van der Waals surface area contributed by atoms with Crippen LogP contribution in [0.4, 0.5) is 34.1 Å². The van der Waals surface area contributed by atoms with Crippen LogP contribution in [-0.4, -0.2) is 111 Å². The Morgan fingerprint density at radius 1 is 0.144 bits per heavy atom. The standard InChI is InChI=1S/3C30H24N2O4.C25H22N2O4/c33-27-21-13-17-7-1-2-8-18(17)14-22(21)28(34)31(27)25-11-5-6-12-26(25)32-29(35)23-15-19-9-3-4-10-20(19)16-24(23)30(32)36;33-27-23-12-17-6-1-2-7-18(17)13-24(23)28(34)31(27)21-10-5-11-22(16-21)32-29(35)25-14-19-8-3-4-9-20(19)15-26(25)30(32)36;33-27-23-13-17-5-1-2-6-18(17)14-24(23)28(34)31(27)21-9-11-22(12-10-21)32-29(35)25-15-19-7-3-4-8-20(19)16-26(25)30(32)36;28-22-18-9-14-5-1-2-6-15(14)10-19(18)23(29)26(22)13-27-24(30)20-11-16-7-3-4-8-17(16)12-21(20)25(27)31/h5-6,11-16H,1-4,7-10H2;5,10-16H,1-4,6-9H2;9-16H,1-8H2;9-12H,1-8,13H2. The van der Waals surface area contributed by atoms with Crippen molar-refractivity contribution in [3.63, 3.8) is 0 Å².